The van der Waals surface area contributed by atoms with E-state index in [2.05, 4.69) is 9.97 Å². The van der Waals surface area contributed by atoms with Gasteiger partial charge in [-0.15, -0.1) is 0 Å². The van der Waals surface area contributed by atoms with E-state index >= 15 is 0 Å². The van der Waals surface area contributed by atoms with Crippen molar-refractivity contribution in [3.05, 3.63) is 63.5 Å². The number of rotatable bonds is 3. The molecule has 2 heterocycles. The number of nitrogens with one attached hydrogen (secondary N) is 1. The highest BCUT2D eigenvalue weighted by atomic mass is 35.5. The van der Waals surface area contributed by atoms with Crippen LogP contribution in [-0.4, -0.2) is 27.6 Å². The van der Waals surface area contributed by atoms with Gasteiger partial charge in [-0.1, -0.05) is 23.7 Å². The van der Waals surface area contributed by atoms with Crippen LogP contribution in [0.2, 0.25) is 0 Å². The number of hydrogen-bond acceptors (Lipinski definition) is 4. The molecule has 0 bridgehead atoms. The van der Waals surface area contributed by atoms with Crippen LogP contribution in [0.15, 0.2) is 35.3 Å². The van der Waals surface area contributed by atoms with Gasteiger partial charge in [-0.05, 0) is 36.3 Å². The Morgan fingerprint density at radius 3 is 2.88 bits per heavy atom. The van der Waals surface area contributed by atoms with Crippen LogP contribution >= 0.6 is 11.6 Å². The summed E-state index contributed by atoms with van der Waals surface area (Å²) in [5.41, 5.74) is 2.34. The van der Waals surface area contributed by atoms with Crippen molar-refractivity contribution in [1.29, 1.82) is 0 Å². The Labute approximate surface area is 148 Å². The molecule has 3 aromatic rings. The number of aromatic nitrogens is 3. The van der Waals surface area contributed by atoms with Crippen molar-refractivity contribution < 1.29 is 9.53 Å². The molecular weight excluding hydrogens is 342 g/mol. The van der Waals surface area contributed by atoms with Crippen LogP contribution in [0.1, 0.15) is 27.4 Å². The zero-order chi connectivity index (χ0) is 18.1. The SMILES string of the molecule is COC(=O)c1cc(C=C(Cl)c2nc3c(C)cccc3c(=O)[nH]2)cn1C. The first-order chi connectivity index (χ1) is 11.9. The Hall–Kier alpha value is -2.86. The maximum Gasteiger partial charge on any atom is 0.354 e. The first-order valence-corrected chi connectivity index (χ1v) is 7.90. The summed E-state index contributed by atoms with van der Waals surface area (Å²) >= 11 is 6.34. The van der Waals surface area contributed by atoms with E-state index in [0.29, 0.717) is 22.2 Å². The third kappa shape index (κ3) is 3.21. The molecule has 128 valence electrons. The number of carbonyl (C=O) groups is 1. The maximum absolute atomic E-state index is 12.2. The smallest absolute Gasteiger partial charge is 0.354 e. The van der Waals surface area contributed by atoms with Gasteiger partial charge in [0.25, 0.3) is 5.56 Å². The third-order valence-electron chi connectivity index (χ3n) is 3.88. The number of H-pyrrole nitrogens is 1. The van der Waals surface area contributed by atoms with Crippen LogP contribution in [0.4, 0.5) is 0 Å². The summed E-state index contributed by atoms with van der Waals surface area (Å²) < 4.78 is 6.37. The molecule has 2 aromatic heterocycles. The number of halogens is 1. The highest BCUT2D eigenvalue weighted by Crippen LogP contribution is 2.22. The number of hydrogen-bond donors (Lipinski definition) is 1. The van der Waals surface area contributed by atoms with Crippen LogP contribution in [0.5, 0.6) is 0 Å². The van der Waals surface area contributed by atoms with Gasteiger partial charge in [0.15, 0.2) is 5.82 Å². The Balaban J connectivity index is 2.06. The summed E-state index contributed by atoms with van der Waals surface area (Å²) in [6, 6.07) is 7.06. The molecule has 0 saturated heterocycles. The van der Waals surface area contributed by atoms with Gasteiger partial charge in [0.05, 0.1) is 23.0 Å². The predicted molar refractivity (Wildman–Crippen MR) is 97.6 cm³/mol. The van der Waals surface area contributed by atoms with E-state index in [9.17, 15) is 9.59 Å². The van der Waals surface area contributed by atoms with Gasteiger partial charge in [0, 0.05) is 13.2 Å². The molecule has 0 amide bonds. The summed E-state index contributed by atoms with van der Waals surface area (Å²) in [7, 11) is 3.06. The first kappa shape index (κ1) is 17.0. The van der Waals surface area contributed by atoms with Gasteiger partial charge in [-0.2, -0.15) is 0 Å². The Kier molecular flexibility index (Phi) is 4.46. The number of aromatic amines is 1. The van der Waals surface area contributed by atoms with E-state index in [1.807, 2.05) is 19.1 Å². The number of nitrogens with zero attached hydrogens (tertiary/aromatic N) is 2. The molecule has 0 aliphatic carbocycles. The molecule has 0 aliphatic rings. The fourth-order valence-corrected chi connectivity index (χ4v) is 2.83. The van der Waals surface area contributed by atoms with Gasteiger partial charge in [-0.3, -0.25) is 4.79 Å². The number of carbonyl (C=O) groups excluding carboxylic acids is 1. The summed E-state index contributed by atoms with van der Waals surface area (Å²) in [5.74, 6) is -0.164. The van der Waals surface area contributed by atoms with E-state index < -0.39 is 5.97 Å². The first-order valence-electron chi connectivity index (χ1n) is 7.52. The number of para-hydroxylation sites is 1. The van der Waals surface area contributed by atoms with Crippen molar-refractivity contribution in [2.45, 2.75) is 6.92 Å². The second-order valence-corrected chi connectivity index (χ2v) is 6.05. The van der Waals surface area contributed by atoms with Gasteiger partial charge < -0.3 is 14.3 Å². The molecule has 0 spiro atoms. The average molecular weight is 358 g/mol. The second kappa shape index (κ2) is 6.57. The Morgan fingerprint density at radius 2 is 2.16 bits per heavy atom. The van der Waals surface area contributed by atoms with Crippen molar-refractivity contribution in [3.63, 3.8) is 0 Å². The van der Waals surface area contributed by atoms with Crippen molar-refractivity contribution in [3.8, 4) is 0 Å². The topological polar surface area (TPSA) is 77.0 Å². The lowest BCUT2D eigenvalue weighted by Crippen LogP contribution is -2.11. The van der Waals surface area contributed by atoms with Crippen LogP contribution in [-0.2, 0) is 11.8 Å². The fourth-order valence-electron chi connectivity index (χ4n) is 2.61. The number of esters is 1. The van der Waals surface area contributed by atoms with Crippen LogP contribution in [0.3, 0.4) is 0 Å². The lowest BCUT2D eigenvalue weighted by atomic mass is 10.1. The monoisotopic (exact) mass is 357 g/mol. The van der Waals surface area contributed by atoms with Crippen LogP contribution in [0.25, 0.3) is 22.0 Å². The minimum absolute atomic E-state index is 0.251. The molecule has 0 radical (unpaired) electrons. The quantitative estimate of drug-likeness (QED) is 0.731. The van der Waals surface area contributed by atoms with Gasteiger partial charge in [0.1, 0.15) is 5.69 Å². The number of ether oxygens (including phenoxy) is 1. The molecule has 0 aliphatic heterocycles. The summed E-state index contributed by atoms with van der Waals surface area (Å²) in [6.45, 7) is 1.88. The minimum Gasteiger partial charge on any atom is -0.464 e. The Morgan fingerprint density at radius 1 is 1.40 bits per heavy atom. The molecule has 0 fully saturated rings. The van der Waals surface area contributed by atoms with E-state index in [1.54, 1.807) is 36.0 Å². The van der Waals surface area contributed by atoms with E-state index in [0.717, 1.165) is 5.56 Å². The van der Waals surface area contributed by atoms with E-state index in [-0.39, 0.29) is 16.4 Å². The van der Waals surface area contributed by atoms with E-state index in [1.165, 1.54) is 7.11 Å². The summed E-state index contributed by atoms with van der Waals surface area (Å²) in [5, 5.41) is 0.783. The summed E-state index contributed by atoms with van der Waals surface area (Å²) in [4.78, 5) is 31.1. The molecule has 25 heavy (non-hydrogen) atoms. The number of benzene rings is 1. The molecular formula is C18H16ClN3O3. The van der Waals surface area contributed by atoms with Crippen molar-refractivity contribution in [1.82, 2.24) is 14.5 Å². The number of fused-ring (bicyclic) bond motifs is 1. The molecule has 1 N–H and O–H groups in total. The van der Waals surface area contributed by atoms with Crippen molar-refractivity contribution in [2.24, 2.45) is 7.05 Å². The molecule has 6 nitrogen and oxygen atoms in total. The standard InChI is InChI=1S/C18H16ClN3O3/c1-10-5-4-6-12-15(10)20-16(21-17(12)23)13(19)7-11-8-14(18(24)25-3)22(2)9-11/h4-9H,1-3H3,(H,20,21,23). The van der Waals surface area contributed by atoms with Gasteiger partial charge in [0.2, 0.25) is 0 Å². The largest absolute Gasteiger partial charge is 0.464 e. The predicted octanol–water partition coefficient (Wildman–Crippen LogP) is 3.09. The molecule has 0 atom stereocenters. The molecule has 7 heteroatoms. The molecule has 3 rings (SSSR count). The van der Waals surface area contributed by atoms with Gasteiger partial charge in [-0.25, -0.2) is 9.78 Å². The maximum atomic E-state index is 12.2. The highest BCUT2D eigenvalue weighted by Gasteiger charge is 2.13. The van der Waals surface area contributed by atoms with Crippen molar-refractivity contribution >= 4 is 39.6 Å². The fraction of sp³-hybridized carbons (Fsp3) is 0.167. The van der Waals surface area contributed by atoms with Gasteiger partial charge >= 0.3 is 5.97 Å². The number of aryl methyl sites for hydroxylation is 2. The second-order valence-electron chi connectivity index (χ2n) is 5.64. The zero-order valence-corrected chi connectivity index (χ0v) is 14.7. The number of methoxy groups -OCH3 is 1. The Bertz CT molecular complexity index is 1060. The van der Waals surface area contributed by atoms with Crippen LogP contribution < -0.4 is 5.56 Å². The normalized spacial score (nSPS) is 11.8. The third-order valence-corrected chi connectivity index (χ3v) is 4.17. The molecule has 0 unspecified atom stereocenters. The van der Waals surface area contributed by atoms with Crippen LogP contribution in [0, 0.1) is 6.92 Å². The lowest BCUT2D eigenvalue weighted by molar-refractivity contribution is 0.0590. The highest BCUT2D eigenvalue weighted by molar-refractivity contribution is 6.50. The lowest BCUT2D eigenvalue weighted by Gasteiger charge is -2.04. The van der Waals surface area contributed by atoms with E-state index in [4.69, 9.17) is 16.3 Å². The summed E-state index contributed by atoms with van der Waals surface area (Å²) in [6.07, 6.45) is 3.37. The van der Waals surface area contributed by atoms with Crippen molar-refractivity contribution in [2.75, 3.05) is 7.11 Å². The molecule has 1 aromatic carbocycles. The molecule has 0 saturated carbocycles. The average Bonchev–Trinajstić information content (AvgIpc) is 2.95. The zero-order valence-electron chi connectivity index (χ0n) is 14.0. The minimum atomic E-state index is -0.439.